The van der Waals surface area contributed by atoms with Gasteiger partial charge in [0.1, 0.15) is 19.3 Å². The summed E-state index contributed by atoms with van der Waals surface area (Å²) in [4.78, 5) is 37.4. The van der Waals surface area contributed by atoms with E-state index in [0.29, 0.717) is 23.9 Å². The highest BCUT2D eigenvalue weighted by molar-refractivity contribution is 7.47. The fraction of sp³-hybridized carbons (Fsp3) is 0.649. The fourth-order valence-electron chi connectivity index (χ4n) is 6.75. The molecule has 0 aromatic rings. The molecule has 0 spiro atoms. The minimum absolute atomic E-state index is 0.0176. The summed E-state index contributed by atoms with van der Waals surface area (Å²) in [6, 6.07) is -0.901. The maximum Gasteiger partial charge on any atom is 0.472 e. The number of hydrogen-bond donors (Lipinski definition) is 2. The zero-order valence-electron chi connectivity index (χ0n) is 43.3. The van der Waals surface area contributed by atoms with E-state index in [4.69, 9.17) is 13.8 Å². The number of ether oxygens (including phenoxy) is 1. The number of amides is 1. The van der Waals surface area contributed by atoms with E-state index in [1.54, 1.807) is 0 Å². The number of phosphoric ester groups is 1. The van der Waals surface area contributed by atoms with Crippen LogP contribution in [0.5, 0.6) is 0 Å². The van der Waals surface area contributed by atoms with Gasteiger partial charge in [-0.05, 0) is 83.1 Å². The van der Waals surface area contributed by atoms with E-state index in [1.165, 1.54) is 51.4 Å². The molecule has 0 aliphatic rings. The molecule has 0 radical (unpaired) electrons. The summed E-state index contributed by atoms with van der Waals surface area (Å²) < 4.78 is 30.4. The lowest BCUT2D eigenvalue weighted by Gasteiger charge is -2.27. The topological polar surface area (TPSA) is 111 Å². The molecule has 0 fully saturated rings. The molecule has 3 unspecified atom stereocenters. The number of unbranched alkanes of at least 4 members (excludes halogenated alkanes) is 15. The quantitative estimate of drug-likeness (QED) is 0.0156. The van der Waals surface area contributed by atoms with Gasteiger partial charge in [-0.2, -0.15) is 0 Å². The van der Waals surface area contributed by atoms with E-state index in [9.17, 15) is 19.0 Å². The lowest BCUT2D eigenvalue weighted by molar-refractivity contribution is -0.870. The molecule has 0 aliphatic heterocycles. The van der Waals surface area contributed by atoms with Gasteiger partial charge in [0, 0.05) is 12.8 Å². The van der Waals surface area contributed by atoms with Crippen LogP contribution in [0.4, 0.5) is 0 Å². The van der Waals surface area contributed by atoms with E-state index < -0.39 is 20.0 Å². The molecule has 0 bridgehead atoms. The van der Waals surface area contributed by atoms with E-state index in [1.807, 2.05) is 51.5 Å². The number of quaternary nitrogens is 1. The standard InChI is InChI=1S/C57H97N2O7P/c1-7-10-13-16-19-22-25-28-29-30-32-34-37-40-43-46-49-56(60)58-54(53-65-67(62,63)64-52-51-59(4,5)6)55(48-45-42-39-36-33-27-24-21-18-15-12-9-3)66-57(61)50-47-44-41-38-35-31-26-23-20-17-14-11-8-2/h10-11,13-14,17,19-20,22-23,26,28-29,32,34,40,43,45,48,54-55H,7-9,12,15-16,18,21,24-25,27,30-31,33,35-39,41-42,44,46-47,49-53H2,1-6H3,(H-,58,60,62,63)/p+1/b13-10+,14-11+,20-17+,22-19+,26-23-,29-28+,34-32+,43-40+,48-45+. The molecular weight excluding hydrogens is 856 g/mol. The van der Waals surface area contributed by atoms with Gasteiger partial charge in [0.05, 0.1) is 33.8 Å². The first-order chi connectivity index (χ1) is 32.4. The zero-order chi connectivity index (χ0) is 49.4. The van der Waals surface area contributed by atoms with Crippen LogP contribution < -0.4 is 5.32 Å². The van der Waals surface area contributed by atoms with Crippen LogP contribution in [0.3, 0.4) is 0 Å². The third kappa shape index (κ3) is 47.5. The second-order valence-corrected chi connectivity index (χ2v) is 19.8. The van der Waals surface area contributed by atoms with Crippen molar-refractivity contribution in [3.63, 3.8) is 0 Å². The highest BCUT2D eigenvalue weighted by Crippen LogP contribution is 2.43. The molecule has 0 saturated heterocycles. The molecule has 10 heteroatoms. The van der Waals surface area contributed by atoms with Crippen molar-refractivity contribution in [1.29, 1.82) is 0 Å². The molecule has 2 N–H and O–H groups in total. The second kappa shape index (κ2) is 46.4. The zero-order valence-corrected chi connectivity index (χ0v) is 44.2. The molecule has 0 saturated carbocycles. The lowest BCUT2D eigenvalue weighted by Crippen LogP contribution is -2.47. The van der Waals surface area contributed by atoms with E-state index >= 15 is 0 Å². The van der Waals surface area contributed by atoms with Crippen molar-refractivity contribution < 1.29 is 37.3 Å². The third-order valence-corrected chi connectivity index (χ3v) is 11.8. The number of nitrogens with zero attached hydrogens (tertiary/aromatic N) is 1. The Balaban J connectivity index is 5.59. The largest absolute Gasteiger partial charge is 0.472 e. The van der Waals surface area contributed by atoms with E-state index in [0.717, 1.165) is 89.9 Å². The van der Waals surface area contributed by atoms with Gasteiger partial charge in [0.2, 0.25) is 5.91 Å². The van der Waals surface area contributed by atoms with Crippen molar-refractivity contribution in [2.45, 2.75) is 200 Å². The lowest BCUT2D eigenvalue weighted by atomic mass is 10.1. The normalized spacial score (nSPS) is 14.8. The number of phosphoric acid groups is 1. The Hall–Kier alpha value is -3.33. The molecule has 0 aromatic carbocycles. The van der Waals surface area contributed by atoms with E-state index in [2.05, 4.69) is 105 Å². The number of hydrogen-bond acceptors (Lipinski definition) is 6. The molecule has 9 nitrogen and oxygen atoms in total. The number of esters is 1. The molecule has 67 heavy (non-hydrogen) atoms. The summed E-state index contributed by atoms with van der Waals surface area (Å²) in [5.74, 6) is -0.638. The van der Waals surface area contributed by atoms with Crippen LogP contribution in [0, 0.1) is 0 Å². The Kier molecular flexibility index (Phi) is 44.1. The number of nitrogens with one attached hydrogen (secondary N) is 1. The molecular formula is C57H98N2O7P+. The Bertz CT molecular complexity index is 1520. The summed E-state index contributed by atoms with van der Waals surface area (Å²) in [6.45, 7) is 6.65. The number of carbonyl (C=O) groups is 2. The van der Waals surface area contributed by atoms with Crippen LogP contribution in [0.2, 0.25) is 0 Å². The molecule has 3 atom stereocenters. The van der Waals surface area contributed by atoms with Gasteiger partial charge in [-0.15, -0.1) is 0 Å². The smallest absolute Gasteiger partial charge is 0.456 e. The Morgan fingerprint density at radius 3 is 1.60 bits per heavy atom. The first-order valence-corrected chi connectivity index (χ1v) is 27.7. The van der Waals surface area contributed by atoms with Gasteiger partial charge < -0.3 is 19.4 Å². The molecule has 0 aliphatic carbocycles. The van der Waals surface area contributed by atoms with Gasteiger partial charge in [0.25, 0.3) is 0 Å². The van der Waals surface area contributed by atoms with Crippen molar-refractivity contribution >= 4 is 19.7 Å². The van der Waals surface area contributed by atoms with E-state index in [-0.39, 0.29) is 37.9 Å². The van der Waals surface area contributed by atoms with Crippen LogP contribution >= 0.6 is 7.82 Å². The predicted molar refractivity (Wildman–Crippen MR) is 286 cm³/mol. The summed E-state index contributed by atoms with van der Waals surface area (Å²) in [5, 5.41) is 2.98. The molecule has 382 valence electrons. The molecule has 0 rings (SSSR count). The third-order valence-electron chi connectivity index (χ3n) is 10.8. The Labute approximate surface area is 410 Å². The van der Waals surface area contributed by atoms with Crippen LogP contribution in [-0.4, -0.2) is 74.3 Å². The summed E-state index contributed by atoms with van der Waals surface area (Å²) >= 11 is 0. The van der Waals surface area contributed by atoms with Crippen LogP contribution in [0.1, 0.15) is 188 Å². The highest BCUT2D eigenvalue weighted by atomic mass is 31.2. The van der Waals surface area contributed by atoms with Crippen molar-refractivity contribution in [1.82, 2.24) is 5.32 Å². The maximum atomic E-state index is 13.4. The average molecular weight is 954 g/mol. The van der Waals surface area contributed by atoms with Crippen LogP contribution in [-0.2, 0) is 27.9 Å². The first kappa shape index (κ1) is 63.7. The fourth-order valence-corrected chi connectivity index (χ4v) is 7.48. The minimum atomic E-state index is -4.47. The Morgan fingerprint density at radius 2 is 1.04 bits per heavy atom. The predicted octanol–water partition coefficient (Wildman–Crippen LogP) is 15.4. The van der Waals surface area contributed by atoms with Crippen molar-refractivity contribution in [3.05, 3.63) is 109 Å². The minimum Gasteiger partial charge on any atom is -0.456 e. The number of carbonyl (C=O) groups excluding carboxylic acids is 2. The van der Waals surface area contributed by atoms with Crippen molar-refractivity contribution in [2.75, 3.05) is 40.9 Å². The average Bonchev–Trinajstić information content (AvgIpc) is 3.28. The number of rotatable bonds is 45. The molecule has 0 aromatic heterocycles. The first-order valence-electron chi connectivity index (χ1n) is 26.2. The van der Waals surface area contributed by atoms with Crippen LogP contribution in [0.15, 0.2) is 109 Å². The summed E-state index contributed by atoms with van der Waals surface area (Å²) in [7, 11) is 1.42. The molecule has 0 heterocycles. The van der Waals surface area contributed by atoms with Gasteiger partial charge >= 0.3 is 13.8 Å². The summed E-state index contributed by atoms with van der Waals surface area (Å²) in [5.41, 5.74) is 0. The van der Waals surface area contributed by atoms with Gasteiger partial charge in [-0.3, -0.25) is 18.6 Å². The summed E-state index contributed by atoms with van der Waals surface area (Å²) in [6.07, 6.45) is 62.5. The monoisotopic (exact) mass is 954 g/mol. The SMILES string of the molecule is CC/C=C/C=C/C=C\CCCCCCCC(=O)OC(/C=C/CCCCCCCCCCCC)C(COP(=O)(O)OCC[N+](C)(C)C)NC(=O)CC/C=C/C/C=C/C/C=C/C/C=C/C/C=C/CC. The van der Waals surface area contributed by atoms with Crippen LogP contribution in [0.25, 0.3) is 0 Å². The second-order valence-electron chi connectivity index (χ2n) is 18.3. The highest BCUT2D eigenvalue weighted by Gasteiger charge is 2.30. The molecule has 1 amide bonds. The number of allylic oxidation sites excluding steroid dienone is 17. The van der Waals surface area contributed by atoms with Gasteiger partial charge in [-0.25, -0.2) is 4.57 Å². The van der Waals surface area contributed by atoms with Crippen molar-refractivity contribution in [3.8, 4) is 0 Å². The Morgan fingerprint density at radius 1 is 0.552 bits per heavy atom. The van der Waals surface area contributed by atoms with Gasteiger partial charge in [0.15, 0.2) is 0 Å². The number of likely N-dealkylation sites (N-methyl/N-ethyl adjacent to an activating group) is 1. The van der Waals surface area contributed by atoms with Crippen molar-refractivity contribution in [2.24, 2.45) is 0 Å². The van der Waals surface area contributed by atoms with Gasteiger partial charge in [-0.1, -0.05) is 201 Å². The maximum absolute atomic E-state index is 13.4.